The summed E-state index contributed by atoms with van der Waals surface area (Å²) in [6.45, 7) is 5.50. The molecule has 3 nitrogen and oxygen atoms in total. The van der Waals surface area contributed by atoms with Crippen LogP contribution >= 0.6 is 15.9 Å². The molecule has 0 aliphatic carbocycles. The molecular formula is C14H15BrN2O. The van der Waals surface area contributed by atoms with Gasteiger partial charge in [0.25, 0.3) is 0 Å². The van der Waals surface area contributed by atoms with E-state index in [-0.39, 0.29) is 6.10 Å². The molecule has 1 aliphatic rings. The second-order valence-corrected chi connectivity index (χ2v) is 5.69. The van der Waals surface area contributed by atoms with Crippen LogP contribution in [-0.4, -0.2) is 16.2 Å². The maximum Gasteiger partial charge on any atom is 0.139 e. The van der Waals surface area contributed by atoms with Crippen molar-refractivity contribution in [1.29, 1.82) is 0 Å². The van der Waals surface area contributed by atoms with Crippen LogP contribution in [0.25, 0.3) is 11.0 Å². The predicted molar refractivity (Wildman–Crippen MR) is 75.7 cm³/mol. The highest BCUT2D eigenvalue weighted by molar-refractivity contribution is 9.11. The molecule has 0 bridgehead atoms. The van der Waals surface area contributed by atoms with Gasteiger partial charge in [0.05, 0.1) is 17.6 Å². The Morgan fingerprint density at radius 1 is 1.50 bits per heavy atom. The van der Waals surface area contributed by atoms with Gasteiger partial charge in [0.2, 0.25) is 0 Å². The van der Waals surface area contributed by atoms with Gasteiger partial charge in [-0.2, -0.15) is 0 Å². The molecule has 0 unspecified atom stereocenters. The third-order valence-corrected chi connectivity index (χ3v) is 3.48. The zero-order chi connectivity index (χ0) is 12.5. The van der Waals surface area contributed by atoms with Crippen LogP contribution in [0.1, 0.15) is 24.8 Å². The Morgan fingerprint density at radius 3 is 3.06 bits per heavy atom. The van der Waals surface area contributed by atoms with Gasteiger partial charge < -0.3 is 9.30 Å². The normalized spacial score (nSPS) is 19.5. The van der Waals surface area contributed by atoms with Crippen LogP contribution in [0.4, 0.5) is 0 Å². The number of rotatable bonds is 3. The van der Waals surface area contributed by atoms with Crippen molar-refractivity contribution in [1.82, 2.24) is 9.55 Å². The van der Waals surface area contributed by atoms with Crippen LogP contribution in [0, 0.1) is 0 Å². The van der Waals surface area contributed by atoms with Crippen molar-refractivity contribution in [3.05, 3.63) is 41.2 Å². The van der Waals surface area contributed by atoms with Crippen LogP contribution in [0.15, 0.2) is 35.3 Å². The standard InChI is InChI=1S/C14H15BrN2O/c1-10(15)9-17-12-6-3-2-5-11(12)16-14(17)13-7-4-8-18-13/h2-3,5-6,13H,1,4,7-9H2/t13-/m1/s1. The van der Waals surface area contributed by atoms with Gasteiger partial charge >= 0.3 is 0 Å². The van der Waals surface area contributed by atoms with Crippen molar-refractivity contribution in [2.24, 2.45) is 0 Å². The smallest absolute Gasteiger partial charge is 0.139 e. The molecule has 2 aromatic rings. The number of halogens is 1. The van der Waals surface area contributed by atoms with Gasteiger partial charge in [0.1, 0.15) is 11.9 Å². The van der Waals surface area contributed by atoms with E-state index in [2.05, 4.69) is 33.1 Å². The van der Waals surface area contributed by atoms with Crippen molar-refractivity contribution in [3.63, 3.8) is 0 Å². The lowest BCUT2D eigenvalue weighted by molar-refractivity contribution is 0.103. The Labute approximate surface area is 115 Å². The Balaban J connectivity index is 2.12. The van der Waals surface area contributed by atoms with Crippen molar-refractivity contribution in [3.8, 4) is 0 Å². The SMILES string of the molecule is C=C(Br)Cn1c([C@H]2CCCO2)nc2ccccc21. The molecule has 0 N–H and O–H groups in total. The van der Waals surface area contributed by atoms with E-state index in [4.69, 9.17) is 9.72 Å². The molecule has 1 saturated heterocycles. The van der Waals surface area contributed by atoms with Crippen LogP contribution < -0.4 is 0 Å². The molecule has 0 radical (unpaired) electrons. The van der Waals surface area contributed by atoms with Gasteiger partial charge in [0.15, 0.2) is 0 Å². The first-order valence-corrected chi connectivity index (χ1v) is 6.95. The highest BCUT2D eigenvalue weighted by atomic mass is 79.9. The van der Waals surface area contributed by atoms with E-state index in [0.29, 0.717) is 0 Å². The first-order chi connectivity index (χ1) is 8.75. The van der Waals surface area contributed by atoms with Crippen LogP contribution in [-0.2, 0) is 11.3 Å². The second kappa shape index (κ2) is 4.86. The number of hydrogen-bond donors (Lipinski definition) is 0. The molecule has 94 valence electrons. The second-order valence-electron chi connectivity index (χ2n) is 4.56. The van der Waals surface area contributed by atoms with Crippen molar-refractivity contribution < 1.29 is 4.74 Å². The largest absolute Gasteiger partial charge is 0.370 e. The van der Waals surface area contributed by atoms with Gasteiger partial charge in [-0.3, -0.25) is 0 Å². The van der Waals surface area contributed by atoms with Gasteiger partial charge in [-0.25, -0.2) is 4.98 Å². The molecule has 1 aromatic carbocycles. The molecule has 18 heavy (non-hydrogen) atoms. The number of allylic oxidation sites excluding steroid dienone is 1. The quantitative estimate of drug-likeness (QED) is 0.862. The Bertz CT molecular complexity index is 584. The maximum atomic E-state index is 5.76. The first-order valence-electron chi connectivity index (χ1n) is 6.16. The summed E-state index contributed by atoms with van der Waals surface area (Å²) in [5.74, 6) is 1.02. The van der Waals surface area contributed by atoms with E-state index in [0.717, 1.165) is 47.3 Å². The van der Waals surface area contributed by atoms with Gasteiger partial charge in [0, 0.05) is 11.1 Å². The lowest BCUT2D eigenvalue weighted by Gasteiger charge is -2.12. The fourth-order valence-electron chi connectivity index (χ4n) is 2.46. The highest BCUT2D eigenvalue weighted by Crippen LogP contribution is 2.31. The van der Waals surface area contributed by atoms with Gasteiger partial charge in [-0.1, -0.05) is 34.6 Å². The predicted octanol–water partition coefficient (Wildman–Crippen LogP) is 3.80. The van der Waals surface area contributed by atoms with Gasteiger partial charge in [-0.05, 0) is 25.0 Å². The Kier molecular flexibility index (Phi) is 3.22. The van der Waals surface area contributed by atoms with E-state index < -0.39 is 0 Å². The number of ether oxygens (including phenoxy) is 1. The summed E-state index contributed by atoms with van der Waals surface area (Å²) in [6, 6.07) is 8.19. The minimum atomic E-state index is 0.129. The third kappa shape index (κ3) is 2.10. The third-order valence-electron chi connectivity index (χ3n) is 3.23. The molecule has 0 amide bonds. The van der Waals surface area contributed by atoms with E-state index >= 15 is 0 Å². The van der Waals surface area contributed by atoms with Crippen LogP contribution in [0.3, 0.4) is 0 Å². The first kappa shape index (κ1) is 11.9. The maximum absolute atomic E-state index is 5.76. The molecule has 0 saturated carbocycles. The minimum absolute atomic E-state index is 0.129. The Morgan fingerprint density at radius 2 is 2.33 bits per heavy atom. The topological polar surface area (TPSA) is 27.1 Å². The number of benzene rings is 1. The Hall–Kier alpha value is -1.13. The fourth-order valence-corrected chi connectivity index (χ4v) is 2.71. The summed E-state index contributed by atoms with van der Waals surface area (Å²) in [7, 11) is 0. The molecule has 2 heterocycles. The number of imidazole rings is 1. The van der Waals surface area contributed by atoms with Crippen molar-refractivity contribution in [2.45, 2.75) is 25.5 Å². The van der Waals surface area contributed by atoms with Crippen LogP contribution in [0.2, 0.25) is 0 Å². The van der Waals surface area contributed by atoms with E-state index in [1.165, 1.54) is 0 Å². The lowest BCUT2D eigenvalue weighted by atomic mass is 10.2. The molecule has 4 heteroatoms. The minimum Gasteiger partial charge on any atom is -0.370 e. The summed E-state index contributed by atoms with van der Waals surface area (Å²) in [5, 5.41) is 0. The molecule has 1 atom stereocenters. The molecule has 1 aromatic heterocycles. The zero-order valence-corrected chi connectivity index (χ0v) is 11.7. The number of aromatic nitrogens is 2. The lowest BCUT2D eigenvalue weighted by Crippen LogP contribution is -2.08. The fraction of sp³-hybridized carbons (Fsp3) is 0.357. The average molecular weight is 307 g/mol. The molecular weight excluding hydrogens is 292 g/mol. The summed E-state index contributed by atoms with van der Waals surface area (Å²) in [6.07, 6.45) is 2.30. The molecule has 0 spiro atoms. The van der Waals surface area contributed by atoms with E-state index in [9.17, 15) is 0 Å². The summed E-state index contributed by atoms with van der Waals surface area (Å²) in [4.78, 5) is 4.72. The average Bonchev–Trinajstić information content (AvgIpc) is 2.96. The van der Waals surface area contributed by atoms with Crippen molar-refractivity contribution >= 4 is 27.0 Å². The summed E-state index contributed by atoms with van der Waals surface area (Å²) >= 11 is 3.44. The molecule has 1 aliphatic heterocycles. The summed E-state index contributed by atoms with van der Waals surface area (Å²) in [5.41, 5.74) is 2.17. The molecule has 3 rings (SSSR count). The van der Waals surface area contributed by atoms with Crippen molar-refractivity contribution in [2.75, 3.05) is 6.61 Å². The summed E-state index contributed by atoms with van der Waals surface area (Å²) < 4.78 is 8.91. The molecule has 1 fully saturated rings. The van der Waals surface area contributed by atoms with E-state index in [1.54, 1.807) is 0 Å². The highest BCUT2D eigenvalue weighted by Gasteiger charge is 2.24. The van der Waals surface area contributed by atoms with Gasteiger partial charge in [-0.15, -0.1) is 0 Å². The number of hydrogen-bond acceptors (Lipinski definition) is 2. The zero-order valence-electron chi connectivity index (χ0n) is 10.1. The van der Waals surface area contributed by atoms with E-state index in [1.807, 2.05) is 18.2 Å². The van der Waals surface area contributed by atoms with Crippen LogP contribution in [0.5, 0.6) is 0 Å². The number of para-hydroxylation sites is 2. The number of fused-ring (bicyclic) bond motifs is 1. The monoisotopic (exact) mass is 306 g/mol. The number of nitrogens with zero attached hydrogens (tertiary/aromatic N) is 2.